The highest BCUT2D eigenvalue weighted by Crippen LogP contribution is 2.12. The first-order chi connectivity index (χ1) is 9.47. The van der Waals surface area contributed by atoms with E-state index >= 15 is 0 Å². The highest BCUT2D eigenvalue weighted by molar-refractivity contribution is 9.10. The van der Waals surface area contributed by atoms with Gasteiger partial charge < -0.3 is 4.57 Å². The Balaban J connectivity index is 2.27. The Labute approximate surface area is 121 Å². The number of hydrogen-bond donors (Lipinski definition) is 0. The van der Waals surface area contributed by atoms with Gasteiger partial charge in [-0.1, -0.05) is 28.1 Å². The number of Topliss-reactive ketones (excluding diaryl/α,β-unsaturated/α-hetero) is 1. The third kappa shape index (κ3) is 3.18. The lowest BCUT2D eigenvalue weighted by atomic mass is 10.1. The molecule has 0 saturated carbocycles. The fourth-order valence-corrected chi connectivity index (χ4v) is 1.90. The molecule has 20 heavy (non-hydrogen) atoms. The van der Waals surface area contributed by atoms with E-state index in [0.717, 1.165) is 27.4 Å². The molecule has 6 nitrogen and oxygen atoms in total. The van der Waals surface area contributed by atoms with Crippen molar-refractivity contribution < 1.29 is 9.72 Å². The molecule has 0 fully saturated rings. The summed E-state index contributed by atoms with van der Waals surface area (Å²) in [5.74, 6) is -0.292. The van der Waals surface area contributed by atoms with Gasteiger partial charge in [-0.3, -0.25) is 19.7 Å². The van der Waals surface area contributed by atoms with Gasteiger partial charge in [-0.2, -0.15) is 0 Å². The largest absolute Gasteiger partial charge is 0.301 e. The molecule has 0 aliphatic heterocycles. The van der Waals surface area contributed by atoms with Crippen LogP contribution in [0.15, 0.2) is 51.9 Å². The van der Waals surface area contributed by atoms with E-state index in [2.05, 4.69) is 15.9 Å². The van der Waals surface area contributed by atoms with Crippen LogP contribution in [0.25, 0.3) is 0 Å². The minimum Gasteiger partial charge on any atom is -0.301 e. The number of ketones is 1. The predicted molar refractivity (Wildman–Crippen MR) is 75.8 cm³/mol. The van der Waals surface area contributed by atoms with Crippen LogP contribution in [0.3, 0.4) is 0 Å². The molecule has 0 amide bonds. The van der Waals surface area contributed by atoms with Gasteiger partial charge in [-0.25, -0.2) is 0 Å². The molecule has 0 bridgehead atoms. The van der Waals surface area contributed by atoms with Crippen LogP contribution in [-0.2, 0) is 6.54 Å². The Bertz CT molecular complexity index is 722. The van der Waals surface area contributed by atoms with Gasteiger partial charge in [0.2, 0.25) is 0 Å². The van der Waals surface area contributed by atoms with E-state index in [4.69, 9.17) is 0 Å². The highest BCUT2D eigenvalue weighted by atomic mass is 79.9. The first-order valence-electron chi connectivity index (χ1n) is 5.61. The normalized spacial score (nSPS) is 10.2. The van der Waals surface area contributed by atoms with Gasteiger partial charge in [0.25, 0.3) is 11.2 Å². The molecule has 102 valence electrons. The molecule has 1 heterocycles. The number of benzene rings is 1. The lowest BCUT2D eigenvalue weighted by Gasteiger charge is -2.04. The molecule has 0 aliphatic carbocycles. The quantitative estimate of drug-likeness (QED) is 0.487. The van der Waals surface area contributed by atoms with E-state index < -0.39 is 10.5 Å². The molecule has 1 aromatic heterocycles. The molecule has 0 N–H and O–H groups in total. The molecule has 0 atom stereocenters. The maximum atomic E-state index is 12.0. The zero-order chi connectivity index (χ0) is 14.7. The number of hydrogen-bond acceptors (Lipinski definition) is 4. The Morgan fingerprint density at radius 1 is 1.20 bits per heavy atom. The summed E-state index contributed by atoms with van der Waals surface area (Å²) in [7, 11) is 0. The van der Waals surface area contributed by atoms with Crippen molar-refractivity contribution in [3.05, 3.63) is 73.1 Å². The zero-order valence-corrected chi connectivity index (χ0v) is 11.7. The Morgan fingerprint density at radius 2 is 1.85 bits per heavy atom. The Morgan fingerprint density at radius 3 is 2.45 bits per heavy atom. The number of carbonyl (C=O) groups excluding carboxylic acids is 1. The van der Waals surface area contributed by atoms with Crippen molar-refractivity contribution in [2.45, 2.75) is 6.54 Å². The summed E-state index contributed by atoms with van der Waals surface area (Å²) < 4.78 is 1.87. The van der Waals surface area contributed by atoms with Gasteiger partial charge in [0.15, 0.2) is 5.78 Å². The number of nitro groups is 1. The van der Waals surface area contributed by atoms with Crippen LogP contribution in [0.4, 0.5) is 5.69 Å². The average molecular weight is 337 g/mol. The third-order valence-corrected chi connectivity index (χ3v) is 3.19. The van der Waals surface area contributed by atoms with Crippen molar-refractivity contribution >= 4 is 27.4 Å². The molecule has 0 aliphatic rings. The van der Waals surface area contributed by atoms with Crippen LogP contribution in [0, 0.1) is 10.1 Å². The summed E-state index contributed by atoms with van der Waals surface area (Å²) >= 11 is 3.26. The summed E-state index contributed by atoms with van der Waals surface area (Å²) in [6.07, 6.45) is 1.07. The third-order valence-electron chi connectivity index (χ3n) is 2.66. The fraction of sp³-hybridized carbons (Fsp3) is 0.0769. The number of carbonyl (C=O) groups is 1. The van der Waals surface area contributed by atoms with E-state index in [1.165, 1.54) is 0 Å². The van der Waals surface area contributed by atoms with Crippen LogP contribution in [0.1, 0.15) is 10.4 Å². The minimum atomic E-state index is -0.611. The first kappa shape index (κ1) is 14.1. The lowest BCUT2D eigenvalue weighted by molar-refractivity contribution is -0.385. The topological polar surface area (TPSA) is 82.2 Å². The predicted octanol–water partition coefficient (Wildman–Crippen LogP) is 2.40. The van der Waals surface area contributed by atoms with Gasteiger partial charge in [-0.05, 0) is 12.1 Å². The van der Waals surface area contributed by atoms with Crippen LogP contribution in [0.5, 0.6) is 0 Å². The maximum absolute atomic E-state index is 12.0. The summed E-state index contributed by atoms with van der Waals surface area (Å²) in [6.45, 7) is -0.234. The fourth-order valence-electron chi connectivity index (χ4n) is 1.63. The van der Waals surface area contributed by atoms with Gasteiger partial charge >= 0.3 is 0 Å². The maximum Gasteiger partial charge on any atom is 0.285 e. The van der Waals surface area contributed by atoms with E-state index in [1.807, 2.05) is 0 Å². The molecule has 0 saturated heterocycles. The van der Waals surface area contributed by atoms with Crippen molar-refractivity contribution in [3.8, 4) is 0 Å². The van der Waals surface area contributed by atoms with Crippen molar-refractivity contribution in [1.29, 1.82) is 0 Å². The van der Waals surface area contributed by atoms with E-state index in [9.17, 15) is 19.7 Å². The zero-order valence-electron chi connectivity index (χ0n) is 10.2. The molecule has 0 radical (unpaired) electrons. The number of halogens is 1. The van der Waals surface area contributed by atoms with Crippen molar-refractivity contribution in [1.82, 2.24) is 4.57 Å². The van der Waals surface area contributed by atoms with E-state index in [0.29, 0.717) is 5.56 Å². The van der Waals surface area contributed by atoms with Crippen LogP contribution >= 0.6 is 15.9 Å². The van der Waals surface area contributed by atoms with E-state index in [-0.39, 0.29) is 18.0 Å². The van der Waals surface area contributed by atoms with Crippen LogP contribution < -0.4 is 5.56 Å². The molecular weight excluding hydrogens is 328 g/mol. The van der Waals surface area contributed by atoms with Gasteiger partial charge in [-0.15, -0.1) is 0 Å². The summed E-state index contributed by atoms with van der Waals surface area (Å²) in [5, 5.41) is 10.7. The van der Waals surface area contributed by atoms with Gasteiger partial charge in [0, 0.05) is 22.2 Å². The molecule has 2 aromatic rings. The molecular formula is C13H9BrN2O4. The SMILES string of the molecule is O=C(Cn1cc([N+](=O)[O-])ccc1=O)c1ccc(Br)cc1. The number of pyridine rings is 1. The number of nitrogens with zero attached hydrogens (tertiary/aromatic N) is 2. The van der Waals surface area contributed by atoms with Gasteiger partial charge in [0.05, 0.1) is 17.7 Å². The monoisotopic (exact) mass is 336 g/mol. The first-order valence-corrected chi connectivity index (χ1v) is 6.40. The van der Waals surface area contributed by atoms with Crippen molar-refractivity contribution in [2.24, 2.45) is 0 Å². The second kappa shape index (κ2) is 5.79. The second-order valence-electron chi connectivity index (χ2n) is 4.04. The Hall–Kier alpha value is -2.28. The van der Waals surface area contributed by atoms with E-state index in [1.54, 1.807) is 24.3 Å². The van der Waals surface area contributed by atoms with Crippen molar-refractivity contribution in [2.75, 3.05) is 0 Å². The number of rotatable bonds is 4. The standard InChI is InChI=1S/C13H9BrN2O4/c14-10-3-1-9(2-4-10)12(17)8-15-7-11(16(19)20)5-6-13(15)18/h1-7H,8H2. The molecule has 7 heteroatoms. The minimum absolute atomic E-state index is 0.229. The molecule has 2 rings (SSSR count). The molecule has 0 unspecified atom stereocenters. The summed E-state index contributed by atoms with van der Waals surface area (Å²) in [6, 6.07) is 8.85. The molecule has 1 aromatic carbocycles. The Kier molecular flexibility index (Phi) is 4.09. The second-order valence-corrected chi connectivity index (χ2v) is 4.96. The molecule has 0 spiro atoms. The smallest absolute Gasteiger partial charge is 0.285 e. The van der Waals surface area contributed by atoms with Gasteiger partial charge in [0.1, 0.15) is 0 Å². The summed E-state index contributed by atoms with van der Waals surface area (Å²) in [4.78, 5) is 33.7. The van der Waals surface area contributed by atoms with Crippen LogP contribution in [0.2, 0.25) is 0 Å². The average Bonchev–Trinajstić information content (AvgIpc) is 2.41. The number of aromatic nitrogens is 1. The summed E-state index contributed by atoms with van der Waals surface area (Å²) in [5.41, 5.74) is -0.249. The lowest BCUT2D eigenvalue weighted by Crippen LogP contribution is -2.23. The van der Waals surface area contributed by atoms with Crippen molar-refractivity contribution in [3.63, 3.8) is 0 Å². The highest BCUT2D eigenvalue weighted by Gasteiger charge is 2.11. The van der Waals surface area contributed by atoms with Crippen LogP contribution in [-0.4, -0.2) is 15.3 Å².